The van der Waals surface area contributed by atoms with Gasteiger partial charge in [-0.15, -0.1) is 0 Å². The van der Waals surface area contributed by atoms with Crippen molar-refractivity contribution < 1.29 is 8.42 Å². The number of benzene rings is 1. The molecule has 0 spiro atoms. The molecule has 1 aromatic carbocycles. The summed E-state index contributed by atoms with van der Waals surface area (Å²) in [5.74, 6) is 0.421. The summed E-state index contributed by atoms with van der Waals surface area (Å²) in [6.45, 7) is 2.19. The highest BCUT2D eigenvalue weighted by atomic mass is 35.5. The molecule has 1 aromatic rings. The summed E-state index contributed by atoms with van der Waals surface area (Å²) in [6, 6.07) is 4.51. The Bertz CT molecular complexity index is 585. The molecule has 4 nitrogen and oxygen atoms in total. The first-order valence-corrected chi connectivity index (χ1v) is 8.37. The molecule has 2 heterocycles. The van der Waals surface area contributed by atoms with Crippen LogP contribution >= 0.6 is 23.2 Å². The molecule has 0 amide bonds. The van der Waals surface area contributed by atoms with Crippen LogP contribution in [-0.2, 0) is 10.0 Å². The van der Waals surface area contributed by atoms with Crippen molar-refractivity contribution in [2.24, 2.45) is 5.92 Å². The minimum absolute atomic E-state index is 0.0581. The van der Waals surface area contributed by atoms with Crippen LogP contribution in [-0.4, -0.2) is 38.4 Å². The Morgan fingerprint density at radius 2 is 1.84 bits per heavy atom. The van der Waals surface area contributed by atoms with Crippen LogP contribution in [0.2, 0.25) is 10.0 Å². The zero-order valence-electron chi connectivity index (χ0n) is 10.1. The van der Waals surface area contributed by atoms with Gasteiger partial charge in [0.25, 0.3) is 0 Å². The highest BCUT2D eigenvalue weighted by Crippen LogP contribution is 2.33. The standard InChI is InChI=1S/C12H14Cl2N2O2S/c13-9-3-10(14)5-11(4-9)19(17,18)16-2-1-8-6-15-7-12(8)16/h3-5,8,12,15H,1-2,6-7H2/t8-,12+/m0/s1. The van der Waals surface area contributed by atoms with Gasteiger partial charge in [0.2, 0.25) is 10.0 Å². The fourth-order valence-corrected chi connectivity index (χ4v) is 5.35. The maximum absolute atomic E-state index is 12.7. The van der Waals surface area contributed by atoms with E-state index in [4.69, 9.17) is 23.2 Å². The van der Waals surface area contributed by atoms with Crippen molar-refractivity contribution in [3.63, 3.8) is 0 Å². The van der Waals surface area contributed by atoms with Crippen molar-refractivity contribution >= 4 is 33.2 Å². The number of hydrogen-bond donors (Lipinski definition) is 1. The van der Waals surface area contributed by atoms with Crippen LogP contribution < -0.4 is 5.32 Å². The quantitative estimate of drug-likeness (QED) is 0.906. The Morgan fingerprint density at radius 1 is 1.16 bits per heavy atom. The number of halogens is 2. The lowest BCUT2D eigenvalue weighted by Crippen LogP contribution is -2.39. The summed E-state index contributed by atoms with van der Waals surface area (Å²) < 4.78 is 26.9. The van der Waals surface area contributed by atoms with Gasteiger partial charge in [0.15, 0.2) is 0 Å². The fraction of sp³-hybridized carbons (Fsp3) is 0.500. The van der Waals surface area contributed by atoms with Gasteiger partial charge in [0.1, 0.15) is 0 Å². The molecule has 2 atom stereocenters. The van der Waals surface area contributed by atoms with Gasteiger partial charge in [-0.1, -0.05) is 23.2 Å². The molecule has 0 aliphatic carbocycles. The van der Waals surface area contributed by atoms with Gasteiger partial charge in [-0.2, -0.15) is 4.31 Å². The lowest BCUT2D eigenvalue weighted by molar-refractivity contribution is 0.383. The minimum Gasteiger partial charge on any atom is -0.315 e. The van der Waals surface area contributed by atoms with E-state index in [1.807, 2.05) is 0 Å². The topological polar surface area (TPSA) is 49.4 Å². The normalized spacial score (nSPS) is 27.7. The molecule has 3 rings (SSSR count). The molecule has 1 N–H and O–H groups in total. The van der Waals surface area contributed by atoms with E-state index in [1.54, 1.807) is 4.31 Å². The number of fused-ring (bicyclic) bond motifs is 1. The van der Waals surface area contributed by atoms with Crippen molar-refractivity contribution in [3.05, 3.63) is 28.2 Å². The lowest BCUT2D eigenvalue weighted by atomic mass is 10.1. The van der Waals surface area contributed by atoms with Crippen molar-refractivity contribution in [3.8, 4) is 0 Å². The van der Waals surface area contributed by atoms with Crippen molar-refractivity contribution in [2.75, 3.05) is 19.6 Å². The smallest absolute Gasteiger partial charge is 0.243 e. The molecule has 7 heteroatoms. The highest BCUT2D eigenvalue weighted by molar-refractivity contribution is 7.89. The SMILES string of the molecule is O=S(=O)(c1cc(Cl)cc(Cl)c1)N1CC[C@H]2CNC[C@H]21. The molecule has 0 saturated carbocycles. The summed E-state index contributed by atoms with van der Waals surface area (Å²) in [5, 5.41) is 3.92. The average molecular weight is 321 g/mol. The Hall–Kier alpha value is -0.330. The lowest BCUT2D eigenvalue weighted by Gasteiger charge is -2.23. The van der Waals surface area contributed by atoms with Crippen LogP contribution in [0.3, 0.4) is 0 Å². The Labute approximate surface area is 122 Å². The summed E-state index contributed by atoms with van der Waals surface area (Å²) >= 11 is 11.8. The number of sulfonamides is 1. The van der Waals surface area contributed by atoms with Gasteiger partial charge >= 0.3 is 0 Å². The average Bonchev–Trinajstić information content (AvgIpc) is 2.88. The van der Waals surface area contributed by atoms with Gasteiger partial charge in [-0.05, 0) is 37.1 Å². The monoisotopic (exact) mass is 320 g/mol. The molecule has 2 aliphatic heterocycles. The van der Waals surface area contributed by atoms with E-state index in [9.17, 15) is 8.42 Å². The Morgan fingerprint density at radius 3 is 2.53 bits per heavy atom. The predicted octanol–water partition coefficient (Wildman–Crippen LogP) is 1.98. The van der Waals surface area contributed by atoms with Crippen molar-refractivity contribution in [1.29, 1.82) is 0 Å². The third-order valence-corrected chi connectivity index (χ3v) is 6.18. The maximum Gasteiger partial charge on any atom is 0.243 e. The first-order valence-electron chi connectivity index (χ1n) is 6.17. The predicted molar refractivity (Wildman–Crippen MR) is 75.1 cm³/mol. The molecule has 0 aromatic heterocycles. The summed E-state index contributed by atoms with van der Waals surface area (Å²) in [5.41, 5.74) is 0. The molecule has 2 fully saturated rings. The second kappa shape index (κ2) is 4.90. The number of nitrogens with one attached hydrogen (secondary N) is 1. The van der Waals surface area contributed by atoms with Gasteiger partial charge in [0.05, 0.1) is 4.90 Å². The van der Waals surface area contributed by atoms with Crippen molar-refractivity contribution in [1.82, 2.24) is 9.62 Å². The van der Waals surface area contributed by atoms with Gasteiger partial charge in [0, 0.05) is 29.2 Å². The molecule has 19 heavy (non-hydrogen) atoms. The summed E-state index contributed by atoms with van der Waals surface area (Å²) in [6.07, 6.45) is 0.908. The van der Waals surface area contributed by atoms with Crippen LogP contribution in [0, 0.1) is 5.92 Å². The summed E-state index contributed by atoms with van der Waals surface area (Å²) in [4.78, 5) is 0.178. The molecule has 0 unspecified atom stereocenters. The van der Waals surface area contributed by atoms with Gasteiger partial charge in [-0.3, -0.25) is 0 Å². The van der Waals surface area contributed by atoms with Crippen LogP contribution in [0.25, 0.3) is 0 Å². The Balaban J connectivity index is 1.98. The second-order valence-corrected chi connectivity index (χ2v) is 7.76. The van der Waals surface area contributed by atoms with E-state index in [0.29, 0.717) is 22.5 Å². The second-order valence-electron chi connectivity index (χ2n) is 5.00. The first kappa shape index (κ1) is 13.6. The van der Waals surface area contributed by atoms with Crippen molar-refractivity contribution in [2.45, 2.75) is 17.4 Å². The minimum atomic E-state index is -3.51. The number of nitrogens with zero attached hydrogens (tertiary/aromatic N) is 1. The molecule has 0 radical (unpaired) electrons. The van der Waals surface area contributed by atoms with Crippen LogP contribution in [0.5, 0.6) is 0 Å². The van der Waals surface area contributed by atoms with Crippen LogP contribution in [0.1, 0.15) is 6.42 Å². The van der Waals surface area contributed by atoms with Crippen LogP contribution in [0.4, 0.5) is 0 Å². The van der Waals surface area contributed by atoms with E-state index in [2.05, 4.69) is 5.32 Å². The van der Waals surface area contributed by atoms with Gasteiger partial charge in [-0.25, -0.2) is 8.42 Å². The first-order chi connectivity index (χ1) is 8.98. The van der Waals surface area contributed by atoms with E-state index >= 15 is 0 Å². The zero-order valence-corrected chi connectivity index (χ0v) is 12.5. The maximum atomic E-state index is 12.7. The molecule has 2 aliphatic rings. The molecule has 2 saturated heterocycles. The van der Waals surface area contributed by atoms with Crippen LogP contribution in [0.15, 0.2) is 23.1 Å². The van der Waals surface area contributed by atoms with E-state index in [-0.39, 0.29) is 10.9 Å². The van der Waals surface area contributed by atoms with Gasteiger partial charge < -0.3 is 5.32 Å². The Kier molecular flexibility index (Phi) is 3.52. The third kappa shape index (κ3) is 2.38. The zero-order chi connectivity index (χ0) is 13.6. The molecular formula is C12H14Cl2N2O2S. The summed E-state index contributed by atoms with van der Waals surface area (Å²) in [7, 11) is -3.51. The largest absolute Gasteiger partial charge is 0.315 e. The molecule has 0 bridgehead atoms. The van der Waals surface area contributed by atoms with E-state index in [0.717, 1.165) is 19.5 Å². The third-order valence-electron chi connectivity index (χ3n) is 3.84. The number of hydrogen-bond acceptors (Lipinski definition) is 3. The fourth-order valence-electron chi connectivity index (χ4n) is 2.92. The van der Waals surface area contributed by atoms with E-state index < -0.39 is 10.0 Å². The highest BCUT2D eigenvalue weighted by Gasteiger charge is 2.43. The molecular weight excluding hydrogens is 307 g/mol. The molecule has 104 valence electrons. The van der Waals surface area contributed by atoms with E-state index in [1.165, 1.54) is 18.2 Å². The number of rotatable bonds is 2.